The maximum absolute atomic E-state index is 12.5. The fourth-order valence-electron chi connectivity index (χ4n) is 2.05. The number of nitrogens with one attached hydrogen (secondary N) is 1. The van der Waals surface area contributed by atoms with Crippen molar-refractivity contribution >= 4 is 23.3 Å². The average molecular weight is 382 g/mol. The molecule has 0 aliphatic heterocycles. The van der Waals surface area contributed by atoms with Crippen LogP contribution in [0.2, 0.25) is 0 Å². The summed E-state index contributed by atoms with van der Waals surface area (Å²) >= 11 is 0. The summed E-state index contributed by atoms with van der Waals surface area (Å²) in [5.74, 6) is -1.73. The van der Waals surface area contributed by atoms with Crippen molar-refractivity contribution in [2.45, 2.75) is 13.1 Å². The highest BCUT2D eigenvalue weighted by Gasteiger charge is 2.30. The Hall–Kier alpha value is -3.43. The summed E-state index contributed by atoms with van der Waals surface area (Å²) in [4.78, 5) is 33.8. The number of carbonyl (C=O) groups is 2. The van der Waals surface area contributed by atoms with Crippen LogP contribution in [0.1, 0.15) is 21.5 Å². The molecule has 0 unspecified atom stereocenters. The van der Waals surface area contributed by atoms with Gasteiger partial charge in [0.2, 0.25) is 0 Å². The number of hydrogen-bond donors (Lipinski definition) is 1. The second-order valence-electron chi connectivity index (χ2n) is 5.46. The maximum atomic E-state index is 12.5. The van der Waals surface area contributed by atoms with E-state index in [1.165, 1.54) is 12.1 Å². The zero-order valence-corrected chi connectivity index (χ0v) is 13.9. The lowest BCUT2D eigenvalue weighted by Crippen LogP contribution is -2.21. The van der Waals surface area contributed by atoms with Gasteiger partial charge >= 0.3 is 12.1 Å². The summed E-state index contributed by atoms with van der Waals surface area (Å²) in [5.41, 5.74) is -0.555. The third-order valence-electron chi connectivity index (χ3n) is 3.49. The van der Waals surface area contributed by atoms with Crippen molar-refractivity contribution in [3.05, 3.63) is 69.3 Å². The van der Waals surface area contributed by atoms with E-state index in [4.69, 9.17) is 4.74 Å². The lowest BCUT2D eigenvalue weighted by atomic mass is 10.1. The standard InChI is InChI=1S/C17H13F3N2O5/c1-10-2-7-13(22(25)26)8-14(10)21-15(23)9-27-16(24)11-3-5-12(6-4-11)17(18,19)20/h2-8H,9H2,1H3,(H,21,23). The molecule has 0 aromatic heterocycles. The number of non-ortho nitro benzene ring substituents is 1. The van der Waals surface area contributed by atoms with Gasteiger partial charge in [0.15, 0.2) is 6.61 Å². The molecule has 0 spiro atoms. The Morgan fingerprint density at radius 3 is 2.33 bits per heavy atom. The van der Waals surface area contributed by atoms with E-state index in [1.54, 1.807) is 6.92 Å². The Balaban J connectivity index is 1.96. The molecule has 2 aromatic rings. The summed E-state index contributed by atoms with van der Waals surface area (Å²) in [5, 5.41) is 13.1. The molecule has 0 atom stereocenters. The van der Waals surface area contributed by atoms with E-state index in [2.05, 4.69) is 5.32 Å². The summed E-state index contributed by atoms with van der Waals surface area (Å²) in [7, 11) is 0. The number of nitro groups is 1. The summed E-state index contributed by atoms with van der Waals surface area (Å²) in [6.07, 6.45) is -4.53. The van der Waals surface area contributed by atoms with Gasteiger partial charge in [-0.1, -0.05) is 6.07 Å². The van der Waals surface area contributed by atoms with Crippen molar-refractivity contribution < 1.29 is 32.4 Å². The number of anilines is 1. The molecule has 0 saturated heterocycles. The Labute approximate surface area is 150 Å². The minimum absolute atomic E-state index is 0.151. The number of hydrogen-bond acceptors (Lipinski definition) is 5. The van der Waals surface area contributed by atoms with E-state index >= 15 is 0 Å². The molecule has 0 fully saturated rings. The van der Waals surface area contributed by atoms with Gasteiger partial charge in [-0.15, -0.1) is 0 Å². The molecule has 2 rings (SSSR count). The van der Waals surface area contributed by atoms with Gasteiger partial charge in [-0.2, -0.15) is 13.2 Å². The van der Waals surface area contributed by atoms with Gasteiger partial charge in [-0.3, -0.25) is 14.9 Å². The van der Waals surface area contributed by atoms with Crippen molar-refractivity contribution in [1.82, 2.24) is 0 Å². The van der Waals surface area contributed by atoms with Gasteiger partial charge in [0.1, 0.15) is 0 Å². The molecule has 27 heavy (non-hydrogen) atoms. The fraction of sp³-hybridized carbons (Fsp3) is 0.176. The number of nitro benzene ring substituents is 1. The quantitative estimate of drug-likeness (QED) is 0.483. The Morgan fingerprint density at radius 2 is 1.78 bits per heavy atom. The molecule has 0 aliphatic carbocycles. The second kappa shape index (κ2) is 7.85. The lowest BCUT2D eigenvalue weighted by molar-refractivity contribution is -0.384. The van der Waals surface area contributed by atoms with Gasteiger partial charge in [-0.25, -0.2) is 4.79 Å². The van der Waals surface area contributed by atoms with Crippen LogP contribution in [0.4, 0.5) is 24.5 Å². The predicted octanol–water partition coefficient (Wildman–Crippen LogP) is 3.72. The number of aryl methyl sites for hydroxylation is 1. The molecule has 142 valence electrons. The highest BCUT2D eigenvalue weighted by molar-refractivity contribution is 5.96. The van der Waals surface area contributed by atoms with Crippen LogP contribution in [-0.4, -0.2) is 23.4 Å². The van der Waals surface area contributed by atoms with Crippen LogP contribution in [0.15, 0.2) is 42.5 Å². The molecule has 0 saturated carbocycles. The van der Waals surface area contributed by atoms with E-state index in [-0.39, 0.29) is 16.9 Å². The van der Waals surface area contributed by atoms with Crippen molar-refractivity contribution in [2.24, 2.45) is 0 Å². The normalized spacial score (nSPS) is 11.0. The SMILES string of the molecule is Cc1ccc([N+](=O)[O-])cc1NC(=O)COC(=O)c1ccc(C(F)(F)F)cc1. The number of nitrogens with zero attached hydrogens (tertiary/aromatic N) is 1. The van der Waals surface area contributed by atoms with E-state index in [0.717, 1.165) is 30.3 Å². The Morgan fingerprint density at radius 1 is 1.15 bits per heavy atom. The first-order chi connectivity index (χ1) is 12.6. The number of ether oxygens (including phenoxy) is 1. The molecular formula is C17H13F3N2O5. The van der Waals surface area contributed by atoms with Crippen molar-refractivity contribution in [3.8, 4) is 0 Å². The molecular weight excluding hydrogens is 369 g/mol. The van der Waals surface area contributed by atoms with Gasteiger partial charge < -0.3 is 10.1 Å². The molecule has 1 N–H and O–H groups in total. The van der Waals surface area contributed by atoms with Gasteiger partial charge in [0, 0.05) is 12.1 Å². The lowest BCUT2D eigenvalue weighted by Gasteiger charge is -2.10. The molecule has 2 aromatic carbocycles. The zero-order valence-electron chi connectivity index (χ0n) is 13.9. The van der Waals surface area contributed by atoms with Crippen molar-refractivity contribution in [3.63, 3.8) is 0 Å². The van der Waals surface area contributed by atoms with E-state index < -0.39 is 35.1 Å². The number of alkyl halides is 3. The van der Waals surface area contributed by atoms with Crippen molar-refractivity contribution in [2.75, 3.05) is 11.9 Å². The number of rotatable bonds is 5. The van der Waals surface area contributed by atoms with Crippen LogP contribution in [0, 0.1) is 17.0 Å². The molecule has 0 heterocycles. The molecule has 10 heteroatoms. The highest BCUT2D eigenvalue weighted by atomic mass is 19.4. The van der Waals surface area contributed by atoms with E-state index in [9.17, 15) is 32.9 Å². The summed E-state index contributed by atoms with van der Waals surface area (Å²) in [6.45, 7) is 0.912. The minimum Gasteiger partial charge on any atom is -0.452 e. The summed E-state index contributed by atoms with van der Waals surface area (Å²) in [6, 6.07) is 7.20. The number of amides is 1. The monoisotopic (exact) mass is 382 g/mol. The van der Waals surface area contributed by atoms with E-state index in [0.29, 0.717) is 5.56 Å². The Bertz CT molecular complexity index is 879. The topological polar surface area (TPSA) is 98.5 Å². The number of carbonyl (C=O) groups excluding carboxylic acids is 2. The molecule has 1 amide bonds. The average Bonchev–Trinajstić information content (AvgIpc) is 2.60. The third-order valence-corrected chi connectivity index (χ3v) is 3.49. The van der Waals surface area contributed by atoms with Crippen LogP contribution in [0.5, 0.6) is 0 Å². The third kappa shape index (κ3) is 5.27. The van der Waals surface area contributed by atoms with Gasteiger partial charge in [0.25, 0.3) is 11.6 Å². The first-order valence-electron chi connectivity index (χ1n) is 7.47. The second-order valence-corrected chi connectivity index (χ2v) is 5.46. The van der Waals surface area contributed by atoms with Crippen LogP contribution in [-0.2, 0) is 15.7 Å². The molecule has 0 bridgehead atoms. The largest absolute Gasteiger partial charge is 0.452 e. The van der Waals surface area contributed by atoms with Crippen LogP contribution < -0.4 is 5.32 Å². The first kappa shape index (κ1) is 19.9. The van der Waals surface area contributed by atoms with Gasteiger partial charge in [0.05, 0.1) is 21.7 Å². The Kier molecular flexibility index (Phi) is 5.78. The highest BCUT2D eigenvalue weighted by Crippen LogP contribution is 2.29. The zero-order chi connectivity index (χ0) is 20.2. The number of halogens is 3. The molecule has 0 radical (unpaired) electrons. The fourth-order valence-corrected chi connectivity index (χ4v) is 2.05. The van der Waals surface area contributed by atoms with Crippen molar-refractivity contribution in [1.29, 1.82) is 0 Å². The van der Waals surface area contributed by atoms with Crippen LogP contribution in [0.3, 0.4) is 0 Å². The number of benzene rings is 2. The van der Waals surface area contributed by atoms with Gasteiger partial charge in [-0.05, 0) is 36.8 Å². The predicted molar refractivity (Wildman–Crippen MR) is 88.2 cm³/mol. The minimum atomic E-state index is -4.53. The number of esters is 1. The van der Waals surface area contributed by atoms with Crippen LogP contribution in [0.25, 0.3) is 0 Å². The smallest absolute Gasteiger partial charge is 0.416 e. The van der Waals surface area contributed by atoms with Crippen LogP contribution >= 0.6 is 0 Å². The maximum Gasteiger partial charge on any atom is 0.416 e. The first-order valence-corrected chi connectivity index (χ1v) is 7.47. The molecule has 7 nitrogen and oxygen atoms in total. The molecule has 0 aliphatic rings. The van der Waals surface area contributed by atoms with E-state index in [1.807, 2.05) is 0 Å². The summed E-state index contributed by atoms with van der Waals surface area (Å²) < 4.78 is 42.2.